The number of nitrogens with one attached hydrogen (secondary N) is 1. The minimum absolute atomic E-state index is 0.326. The van der Waals surface area contributed by atoms with E-state index in [1.165, 1.54) is 19.5 Å². The lowest BCUT2D eigenvalue weighted by Gasteiger charge is -2.36. The highest BCUT2D eigenvalue weighted by molar-refractivity contribution is 4.72. The molecule has 0 radical (unpaired) electrons. The average Bonchev–Trinajstić information content (AvgIpc) is 2.25. The topological polar surface area (TPSA) is 30.5 Å². The number of quaternary nitrogens is 1. The molecule has 0 aromatic carbocycles. The summed E-state index contributed by atoms with van der Waals surface area (Å²) in [5.41, 5.74) is 6.20. The maximum absolute atomic E-state index is 13.0. The molecule has 0 aromatic heterocycles. The average molecular weight is 229 g/mol. The van der Waals surface area contributed by atoms with Gasteiger partial charge in [0.05, 0.1) is 13.1 Å². The molecule has 16 heavy (non-hydrogen) atoms. The van der Waals surface area contributed by atoms with E-state index >= 15 is 0 Å². The van der Waals surface area contributed by atoms with Crippen molar-refractivity contribution in [1.82, 2.24) is 0 Å². The van der Waals surface area contributed by atoms with Crippen molar-refractivity contribution in [3.05, 3.63) is 0 Å². The van der Waals surface area contributed by atoms with Gasteiger partial charge < -0.3 is 4.90 Å². The first-order valence-corrected chi connectivity index (χ1v) is 6.89. The lowest BCUT2D eigenvalue weighted by Crippen LogP contribution is -3.19. The van der Waals surface area contributed by atoms with Crippen molar-refractivity contribution in [3.63, 3.8) is 0 Å². The summed E-state index contributed by atoms with van der Waals surface area (Å²) >= 11 is 0. The molecular weight excluding hydrogens is 203 g/mol. The Morgan fingerprint density at radius 2 is 1.88 bits per heavy atom. The molecule has 1 aliphatic heterocycles. The number of alkyl halides is 1. The highest BCUT2D eigenvalue weighted by atomic mass is 19.1. The van der Waals surface area contributed by atoms with Gasteiger partial charge in [-0.2, -0.15) is 0 Å². The Kier molecular flexibility index (Phi) is 4.20. The molecule has 2 nitrogen and oxygen atoms in total. The maximum Gasteiger partial charge on any atom is 0.139 e. The summed E-state index contributed by atoms with van der Waals surface area (Å²) in [4.78, 5) is 1.57. The van der Waals surface area contributed by atoms with E-state index in [0.29, 0.717) is 6.17 Å². The fourth-order valence-electron chi connectivity index (χ4n) is 3.29. The molecule has 2 aliphatic rings. The highest BCUT2D eigenvalue weighted by Crippen LogP contribution is 2.25. The summed E-state index contributed by atoms with van der Waals surface area (Å²) in [5.74, 6) is 1.52. The van der Waals surface area contributed by atoms with E-state index in [4.69, 9.17) is 5.73 Å². The monoisotopic (exact) mass is 229 g/mol. The summed E-state index contributed by atoms with van der Waals surface area (Å²) in [6.07, 6.45) is 5.98. The molecular formula is C13H26FN2+. The Bertz CT molecular complexity index is 214. The van der Waals surface area contributed by atoms with Gasteiger partial charge in [0.1, 0.15) is 12.3 Å². The Labute approximate surface area is 98.4 Å². The zero-order valence-corrected chi connectivity index (χ0v) is 10.4. The van der Waals surface area contributed by atoms with Crippen LogP contribution in [0.4, 0.5) is 4.39 Å². The largest absolute Gasteiger partial charge is 0.320 e. The fourth-order valence-corrected chi connectivity index (χ4v) is 3.29. The van der Waals surface area contributed by atoms with Crippen LogP contribution in [0.25, 0.3) is 0 Å². The lowest BCUT2D eigenvalue weighted by molar-refractivity contribution is -0.935. The molecule has 1 saturated heterocycles. The smallest absolute Gasteiger partial charge is 0.139 e. The van der Waals surface area contributed by atoms with Crippen LogP contribution in [0.3, 0.4) is 0 Å². The second-order valence-electron chi connectivity index (χ2n) is 5.97. The fraction of sp³-hybridized carbons (Fsp3) is 1.00. The first kappa shape index (κ1) is 12.3. The van der Waals surface area contributed by atoms with Gasteiger partial charge in [-0.05, 0) is 38.0 Å². The predicted octanol–water partition coefficient (Wildman–Crippen LogP) is 1.11. The number of rotatable bonds is 2. The molecule has 2 rings (SSSR count). The number of piperidine rings is 1. The third-order valence-electron chi connectivity index (χ3n) is 4.47. The van der Waals surface area contributed by atoms with Crippen molar-refractivity contribution >= 4 is 0 Å². The van der Waals surface area contributed by atoms with Gasteiger partial charge in [-0.3, -0.25) is 5.73 Å². The van der Waals surface area contributed by atoms with E-state index in [2.05, 4.69) is 6.92 Å². The molecule has 0 spiro atoms. The molecule has 94 valence electrons. The molecule has 0 bridgehead atoms. The van der Waals surface area contributed by atoms with E-state index < -0.39 is 6.17 Å². The van der Waals surface area contributed by atoms with Crippen LogP contribution in [-0.2, 0) is 0 Å². The van der Waals surface area contributed by atoms with Crippen LogP contribution < -0.4 is 10.6 Å². The normalized spacial score (nSPS) is 45.6. The zero-order chi connectivity index (χ0) is 11.5. The molecule has 3 unspecified atom stereocenters. The Hall–Kier alpha value is -0.150. The summed E-state index contributed by atoms with van der Waals surface area (Å²) in [6, 6.07) is 0. The molecule has 1 saturated carbocycles. The number of hydrogen-bond donors (Lipinski definition) is 2. The van der Waals surface area contributed by atoms with E-state index in [-0.39, 0.29) is 0 Å². The van der Waals surface area contributed by atoms with Crippen LogP contribution in [0.2, 0.25) is 0 Å². The standard InChI is InChI=1S/C13H25FN2/c1-10-6-7-16(13(15)8-10)9-11-2-4-12(14)5-3-11/h10-13H,2-9,15H2,1H3/p+1. The number of hydrogen-bond acceptors (Lipinski definition) is 1. The van der Waals surface area contributed by atoms with Crippen molar-refractivity contribution in [2.45, 2.75) is 57.8 Å². The third-order valence-corrected chi connectivity index (χ3v) is 4.47. The van der Waals surface area contributed by atoms with Crippen molar-refractivity contribution in [1.29, 1.82) is 0 Å². The molecule has 3 heteroatoms. The number of halogens is 1. The van der Waals surface area contributed by atoms with Crippen LogP contribution in [0.5, 0.6) is 0 Å². The molecule has 3 N–H and O–H groups in total. The predicted molar refractivity (Wildman–Crippen MR) is 63.9 cm³/mol. The van der Waals surface area contributed by atoms with E-state index in [1.54, 1.807) is 4.90 Å². The van der Waals surface area contributed by atoms with E-state index in [9.17, 15) is 4.39 Å². The summed E-state index contributed by atoms with van der Waals surface area (Å²) < 4.78 is 13.0. The van der Waals surface area contributed by atoms with Crippen molar-refractivity contribution in [3.8, 4) is 0 Å². The summed E-state index contributed by atoms with van der Waals surface area (Å²) in [7, 11) is 0. The summed E-state index contributed by atoms with van der Waals surface area (Å²) in [6.45, 7) is 4.70. The van der Waals surface area contributed by atoms with Crippen LogP contribution in [0.15, 0.2) is 0 Å². The molecule has 2 fully saturated rings. The molecule has 3 atom stereocenters. The van der Waals surface area contributed by atoms with Gasteiger partial charge in [0.15, 0.2) is 0 Å². The van der Waals surface area contributed by atoms with Gasteiger partial charge in [0.25, 0.3) is 0 Å². The van der Waals surface area contributed by atoms with Crippen LogP contribution in [-0.4, -0.2) is 25.4 Å². The Morgan fingerprint density at radius 1 is 1.19 bits per heavy atom. The van der Waals surface area contributed by atoms with Crippen LogP contribution in [0.1, 0.15) is 45.4 Å². The van der Waals surface area contributed by atoms with Gasteiger partial charge in [-0.1, -0.05) is 6.92 Å². The Morgan fingerprint density at radius 3 is 2.50 bits per heavy atom. The van der Waals surface area contributed by atoms with Gasteiger partial charge in [-0.15, -0.1) is 0 Å². The van der Waals surface area contributed by atoms with E-state index in [0.717, 1.165) is 43.9 Å². The minimum Gasteiger partial charge on any atom is -0.320 e. The molecule has 1 aliphatic carbocycles. The first-order chi connectivity index (χ1) is 7.65. The van der Waals surface area contributed by atoms with Gasteiger partial charge in [-0.25, -0.2) is 4.39 Å². The summed E-state index contributed by atoms with van der Waals surface area (Å²) in [5, 5.41) is 0. The van der Waals surface area contributed by atoms with Gasteiger partial charge in [0.2, 0.25) is 0 Å². The van der Waals surface area contributed by atoms with Gasteiger partial charge >= 0.3 is 0 Å². The van der Waals surface area contributed by atoms with Crippen molar-refractivity contribution in [2.24, 2.45) is 17.6 Å². The zero-order valence-electron chi connectivity index (χ0n) is 10.4. The van der Waals surface area contributed by atoms with Crippen LogP contribution in [0, 0.1) is 11.8 Å². The second-order valence-corrected chi connectivity index (χ2v) is 5.97. The van der Waals surface area contributed by atoms with E-state index in [1.807, 2.05) is 0 Å². The van der Waals surface area contributed by atoms with Crippen molar-refractivity contribution in [2.75, 3.05) is 13.1 Å². The first-order valence-electron chi connectivity index (χ1n) is 6.89. The molecule has 1 heterocycles. The van der Waals surface area contributed by atoms with Gasteiger partial charge in [0, 0.05) is 12.3 Å². The molecule has 0 amide bonds. The number of likely N-dealkylation sites (tertiary alicyclic amines) is 1. The van der Waals surface area contributed by atoms with Crippen molar-refractivity contribution < 1.29 is 9.29 Å². The minimum atomic E-state index is -0.527. The highest BCUT2D eigenvalue weighted by Gasteiger charge is 2.30. The SMILES string of the molecule is CC1CC[NH+](CC2CCC(F)CC2)C(N)C1. The Balaban J connectivity index is 1.76. The third kappa shape index (κ3) is 3.17. The quantitative estimate of drug-likeness (QED) is 0.730. The molecule has 0 aromatic rings. The second kappa shape index (κ2) is 5.46. The lowest BCUT2D eigenvalue weighted by atomic mass is 9.86. The maximum atomic E-state index is 13.0. The number of nitrogens with two attached hydrogens (primary N) is 1. The van der Waals surface area contributed by atoms with Crippen LogP contribution >= 0.6 is 0 Å².